The molecule has 4 nitrogen and oxygen atoms in total. The molecule has 2 heterocycles. The van der Waals surface area contributed by atoms with E-state index in [-0.39, 0.29) is 0 Å². The smallest absolute Gasteiger partial charge is 0.109 e. The summed E-state index contributed by atoms with van der Waals surface area (Å²) >= 11 is 0. The molecule has 0 amide bonds. The van der Waals surface area contributed by atoms with Crippen LogP contribution in [0.15, 0.2) is 22.9 Å². The summed E-state index contributed by atoms with van der Waals surface area (Å²) in [6, 6.07) is 2.41. The maximum Gasteiger partial charge on any atom is 0.109 e. The predicted molar refractivity (Wildman–Crippen MR) is 71.5 cm³/mol. The van der Waals surface area contributed by atoms with Crippen LogP contribution in [0.4, 0.5) is 0 Å². The van der Waals surface area contributed by atoms with E-state index in [1.54, 1.807) is 0 Å². The minimum atomic E-state index is 0.308. The second-order valence-corrected chi connectivity index (χ2v) is 4.75. The summed E-state index contributed by atoms with van der Waals surface area (Å²) < 4.78 is 7.61. The maximum absolute atomic E-state index is 5.55. The number of nitrogens with zero attached hydrogens (tertiary/aromatic N) is 2. The number of furan rings is 1. The SMILES string of the molecule is Cc1cc(C(C)NCCc2nccn2C)c(C)o1. The van der Waals surface area contributed by atoms with Crippen molar-refractivity contribution in [1.82, 2.24) is 14.9 Å². The molecule has 0 aliphatic heterocycles. The highest BCUT2D eigenvalue weighted by Gasteiger charge is 2.12. The van der Waals surface area contributed by atoms with Crippen LogP contribution < -0.4 is 5.32 Å². The Kier molecular flexibility index (Phi) is 3.87. The van der Waals surface area contributed by atoms with E-state index < -0.39 is 0 Å². The summed E-state index contributed by atoms with van der Waals surface area (Å²) in [5, 5.41) is 3.51. The van der Waals surface area contributed by atoms with Gasteiger partial charge in [0.15, 0.2) is 0 Å². The minimum absolute atomic E-state index is 0.308. The van der Waals surface area contributed by atoms with Gasteiger partial charge in [0.05, 0.1) is 0 Å². The van der Waals surface area contributed by atoms with Crippen LogP contribution >= 0.6 is 0 Å². The van der Waals surface area contributed by atoms with Gasteiger partial charge in [0.25, 0.3) is 0 Å². The van der Waals surface area contributed by atoms with Gasteiger partial charge in [0, 0.05) is 44.0 Å². The number of hydrogen-bond acceptors (Lipinski definition) is 3. The highest BCUT2D eigenvalue weighted by molar-refractivity contribution is 5.23. The maximum atomic E-state index is 5.55. The fraction of sp³-hybridized carbons (Fsp3) is 0.500. The summed E-state index contributed by atoms with van der Waals surface area (Å²) in [6.07, 6.45) is 4.74. The molecule has 2 aromatic heterocycles. The van der Waals surface area contributed by atoms with Crippen molar-refractivity contribution in [3.8, 4) is 0 Å². The molecule has 0 bridgehead atoms. The molecular weight excluding hydrogens is 226 g/mol. The van der Waals surface area contributed by atoms with E-state index in [1.807, 2.05) is 33.3 Å². The Bertz CT molecular complexity index is 513. The van der Waals surface area contributed by atoms with Gasteiger partial charge in [-0.2, -0.15) is 0 Å². The van der Waals surface area contributed by atoms with Crippen molar-refractivity contribution in [2.24, 2.45) is 7.05 Å². The van der Waals surface area contributed by atoms with Gasteiger partial charge < -0.3 is 14.3 Å². The lowest BCUT2D eigenvalue weighted by atomic mass is 10.1. The summed E-state index contributed by atoms with van der Waals surface area (Å²) in [6.45, 7) is 7.07. The van der Waals surface area contributed by atoms with E-state index in [9.17, 15) is 0 Å². The molecule has 1 N–H and O–H groups in total. The second-order valence-electron chi connectivity index (χ2n) is 4.75. The van der Waals surface area contributed by atoms with Gasteiger partial charge in [0.1, 0.15) is 17.3 Å². The van der Waals surface area contributed by atoms with Gasteiger partial charge in [-0.1, -0.05) is 0 Å². The molecule has 4 heteroatoms. The van der Waals surface area contributed by atoms with Crippen molar-refractivity contribution in [2.45, 2.75) is 33.2 Å². The third-order valence-electron chi connectivity index (χ3n) is 3.27. The Balaban J connectivity index is 1.87. The Labute approximate surface area is 108 Å². The monoisotopic (exact) mass is 247 g/mol. The Morgan fingerprint density at radius 1 is 1.44 bits per heavy atom. The van der Waals surface area contributed by atoms with Crippen LogP contribution in [-0.4, -0.2) is 16.1 Å². The van der Waals surface area contributed by atoms with E-state index in [0.29, 0.717) is 6.04 Å². The molecule has 2 aromatic rings. The summed E-state index contributed by atoms with van der Waals surface area (Å²) in [5.41, 5.74) is 1.24. The van der Waals surface area contributed by atoms with Crippen molar-refractivity contribution in [2.75, 3.05) is 6.54 Å². The van der Waals surface area contributed by atoms with E-state index in [1.165, 1.54) is 5.56 Å². The fourth-order valence-electron chi connectivity index (χ4n) is 2.23. The normalized spacial score (nSPS) is 12.9. The zero-order valence-corrected chi connectivity index (χ0v) is 11.5. The number of aryl methyl sites for hydroxylation is 3. The quantitative estimate of drug-likeness (QED) is 0.883. The largest absolute Gasteiger partial charge is 0.466 e. The molecular formula is C14H21N3O. The summed E-state index contributed by atoms with van der Waals surface area (Å²) in [7, 11) is 2.02. The van der Waals surface area contributed by atoms with Crippen LogP contribution in [0.25, 0.3) is 0 Å². The molecule has 0 aromatic carbocycles. The van der Waals surface area contributed by atoms with Crippen LogP contribution in [-0.2, 0) is 13.5 Å². The summed E-state index contributed by atoms with van der Waals surface area (Å²) in [5.74, 6) is 3.08. The third kappa shape index (κ3) is 2.82. The average molecular weight is 247 g/mol. The molecule has 0 spiro atoms. The molecule has 2 rings (SSSR count). The third-order valence-corrected chi connectivity index (χ3v) is 3.27. The van der Waals surface area contributed by atoms with E-state index in [4.69, 9.17) is 4.42 Å². The summed E-state index contributed by atoms with van der Waals surface area (Å²) in [4.78, 5) is 4.31. The lowest BCUT2D eigenvalue weighted by Gasteiger charge is -2.12. The van der Waals surface area contributed by atoms with Crippen molar-refractivity contribution >= 4 is 0 Å². The standard InChI is InChI=1S/C14H21N3O/c1-10-9-13(12(3)18-10)11(2)15-6-5-14-16-7-8-17(14)4/h7-9,11,15H,5-6H2,1-4H3. The molecule has 18 heavy (non-hydrogen) atoms. The van der Waals surface area contributed by atoms with E-state index >= 15 is 0 Å². The van der Waals surface area contributed by atoms with Gasteiger partial charge in [-0.25, -0.2) is 4.98 Å². The molecule has 0 aliphatic carbocycles. The Hall–Kier alpha value is -1.55. The van der Waals surface area contributed by atoms with Crippen molar-refractivity contribution in [1.29, 1.82) is 0 Å². The van der Waals surface area contributed by atoms with Crippen LogP contribution in [0.2, 0.25) is 0 Å². The predicted octanol–water partition coefficient (Wildman–Crippen LogP) is 2.52. The number of rotatable bonds is 5. The van der Waals surface area contributed by atoms with Gasteiger partial charge in [0.2, 0.25) is 0 Å². The molecule has 1 atom stereocenters. The molecule has 98 valence electrons. The first kappa shape index (κ1) is 12.9. The van der Waals surface area contributed by atoms with Crippen molar-refractivity contribution in [3.63, 3.8) is 0 Å². The van der Waals surface area contributed by atoms with Crippen molar-refractivity contribution < 1.29 is 4.42 Å². The van der Waals surface area contributed by atoms with Crippen LogP contribution in [0.5, 0.6) is 0 Å². The number of aromatic nitrogens is 2. The first-order valence-corrected chi connectivity index (χ1v) is 6.34. The highest BCUT2D eigenvalue weighted by Crippen LogP contribution is 2.20. The molecule has 0 radical (unpaired) electrons. The molecule has 0 saturated carbocycles. The van der Waals surface area contributed by atoms with Gasteiger partial charge in [-0.05, 0) is 26.8 Å². The highest BCUT2D eigenvalue weighted by atomic mass is 16.3. The Morgan fingerprint density at radius 3 is 2.78 bits per heavy atom. The van der Waals surface area contributed by atoms with E-state index in [0.717, 1.165) is 30.3 Å². The zero-order valence-electron chi connectivity index (χ0n) is 11.5. The lowest BCUT2D eigenvalue weighted by molar-refractivity contribution is 0.489. The lowest BCUT2D eigenvalue weighted by Crippen LogP contribution is -2.22. The van der Waals surface area contributed by atoms with Crippen LogP contribution in [0.3, 0.4) is 0 Å². The first-order valence-electron chi connectivity index (χ1n) is 6.34. The van der Waals surface area contributed by atoms with Gasteiger partial charge >= 0.3 is 0 Å². The second kappa shape index (κ2) is 5.40. The van der Waals surface area contributed by atoms with Crippen LogP contribution in [0.1, 0.15) is 35.9 Å². The molecule has 0 fully saturated rings. The zero-order chi connectivity index (χ0) is 13.1. The molecule has 0 saturated heterocycles. The topological polar surface area (TPSA) is 43.0 Å². The molecule has 0 aliphatic rings. The Morgan fingerprint density at radius 2 is 2.22 bits per heavy atom. The first-order chi connectivity index (χ1) is 8.58. The van der Waals surface area contributed by atoms with Gasteiger partial charge in [-0.15, -0.1) is 0 Å². The minimum Gasteiger partial charge on any atom is -0.466 e. The molecule has 1 unspecified atom stereocenters. The van der Waals surface area contributed by atoms with Crippen molar-refractivity contribution in [3.05, 3.63) is 41.4 Å². The number of hydrogen-bond donors (Lipinski definition) is 1. The number of imidazole rings is 1. The van der Waals surface area contributed by atoms with Gasteiger partial charge in [-0.3, -0.25) is 0 Å². The van der Waals surface area contributed by atoms with E-state index in [2.05, 4.69) is 27.9 Å². The van der Waals surface area contributed by atoms with Crippen LogP contribution in [0, 0.1) is 13.8 Å². The number of nitrogens with one attached hydrogen (secondary N) is 1. The average Bonchev–Trinajstić information content (AvgIpc) is 2.85. The fourth-order valence-corrected chi connectivity index (χ4v) is 2.23.